The van der Waals surface area contributed by atoms with E-state index in [1.807, 2.05) is 24.1 Å². The Hall–Kier alpha value is -1.69. The molecule has 2 aliphatic rings. The summed E-state index contributed by atoms with van der Waals surface area (Å²) in [5.74, 6) is 3.15. The summed E-state index contributed by atoms with van der Waals surface area (Å²) in [7, 11) is 1.93. The van der Waals surface area contributed by atoms with Gasteiger partial charge in [0.2, 0.25) is 0 Å². The van der Waals surface area contributed by atoms with Crippen LogP contribution in [-0.4, -0.2) is 68.2 Å². The van der Waals surface area contributed by atoms with Crippen molar-refractivity contribution in [2.24, 2.45) is 12.0 Å². The molecule has 2 aliphatic heterocycles. The smallest absolute Gasteiger partial charge is 0.194 e. The Labute approximate surface area is 195 Å². The van der Waals surface area contributed by atoms with E-state index in [4.69, 9.17) is 9.73 Å². The average Bonchev–Trinajstić information content (AvgIpc) is 3.26. The van der Waals surface area contributed by atoms with Crippen molar-refractivity contribution < 1.29 is 4.74 Å². The van der Waals surface area contributed by atoms with Crippen molar-refractivity contribution in [1.82, 2.24) is 34.8 Å². The number of aromatic nitrogens is 5. The molecule has 166 valence electrons. The number of guanidine groups is 1. The molecule has 0 bridgehead atoms. The third-order valence-electron chi connectivity index (χ3n) is 5.58. The predicted octanol–water partition coefficient (Wildman–Crippen LogP) is 1.94. The molecule has 4 heterocycles. The minimum Gasteiger partial charge on any atom is -0.370 e. The largest absolute Gasteiger partial charge is 0.370 e. The number of nitrogens with one attached hydrogen (secondary N) is 1. The molecular weight excluding hydrogens is 495 g/mol. The fourth-order valence-corrected chi connectivity index (χ4v) is 4.07. The molecule has 2 aromatic rings. The van der Waals surface area contributed by atoms with E-state index < -0.39 is 0 Å². The predicted molar refractivity (Wildman–Crippen MR) is 126 cm³/mol. The summed E-state index contributed by atoms with van der Waals surface area (Å²) in [4.78, 5) is 7.18. The van der Waals surface area contributed by atoms with Crippen molar-refractivity contribution >= 4 is 29.9 Å². The Morgan fingerprint density at radius 1 is 1.27 bits per heavy atom. The lowest BCUT2D eigenvalue weighted by Gasteiger charge is -2.34. The van der Waals surface area contributed by atoms with Gasteiger partial charge in [-0.3, -0.25) is 9.67 Å². The number of ether oxygens (including phenoxy) is 1. The monoisotopic (exact) mass is 528 g/mol. The molecule has 4 rings (SSSR count). The maximum absolute atomic E-state index is 5.97. The van der Waals surface area contributed by atoms with E-state index in [0.717, 1.165) is 62.2 Å². The topological polar surface area (TPSA) is 85.4 Å². The lowest BCUT2D eigenvalue weighted by molar-refractivity contribution is -0.00803. The zero-order valence-electron chi connectivity index (χ0n) is 18.0. The first kappa shape index (κ1) is 23.0. The first-order valence-corrected chi connectivity index (χ1v) is 10.8. The molecule has 1 fully saturated rings. The second-order valence-electron chi connectivity index (χ2n) is 7.73. The van der Waals surface area contributed by atoms with Crippen molar-refractivity contribution in [3.05, 3.63) is 29.6 Å². The van der Waals surface area contributed by atoms with Crippen LogP contribution in [0.25, 0.3) is 0 Å². The number of morpholine rings is 1. The molecular formula is C20H33IN8O. The van der Waals surface area contributed by atoms with Crippen molar-refractivity contribution in [2.75, 3.05) is 32.8 Å². The summed E-state index contributed by atoms with van der Waals surface area (Å²) in [5, 5.41) is 16.5. The number of hydrogen-bond donors (Lipinski definition) is 1. The van der Waals surface area contributed by atoms with Gasteiger partial charge in [-0.05, 0) is 19.8 Å². The van der Waals surface area contributed by atoms with Gasteiger partial charge in [0.15, 0.2) is 5.96 Å². The summed E-state index contributed by atoms with van der Waals surface area (Å²) in [6, 6.07) is 0. The molecule has 0 amide bonds. The molecule has 0 saturated carbocycles. The molecule has 9 nitrogen and oxygen atoms in total. The quantitative estimate of drug-likeness (QED) is 0.363. The van der Waals surface area contributed by atoms with Gasteiger partial charge in [0.05, 0.1) is 19.3 Å². The summed E-state index contributed by atoms with van der Waals surface area (Å²) < 4.78 is 10.1. The Kier molecular flexibility index (Phi) is 8.49. The summed E-state index contributed by atoms with van der Waals surface area (Å²) in [5.41, 5.74) is 1.11. The summed E-state index contributed by atoms with van der Waals surface area (Å²) in [6.45, 7) is 6.98. The lowest BCUT2D eigenvalue weighted by Crippen LogP contribution is -2.48. The zero-order valence-corrected chi connectivity index (χ0v) is 20.3. The molecule has 0 spiro atoms. The molecule has 1 saturated heterocycles. The highest BCUT2D eigenvalue weighted by molar-refractivity contribution is 14.0. The number of rotatable bonds is 5. The second kappa shape index (κ2) is 11.1. The SMILES string of the molecule is CCNC(=NCCc1nnc2n1CCCCC2)N1CCOC(c2cnn(C)c2)C1.I. The van der Waals surface area contributed by atoms with Crippen LogP contribution in [0.1, 0.15) is 49.5 Å². The number of hydrogen-bond acceptors (Lipinski definition) is 5. The zero-order chi connectivity index (χ0) is 20.1. The molecule has 1 unspecified atom stereocenters. The minimum atomic E-state index is 0. The van der Waals surface area contributed by atoms with Gasteiger partial charge in [-0.1, -0.05) is 6.42 Å². The van der Waals surface area contributed by atoms with Crippen molar-refractivity contribution in [2.45, 2.75) is 51.7 Å². The maximum Gasteiger partial charge on any atom is 0.194 e. The third kappa shape index (κ3) is 5.51. The number of fused-ring (bicyclic) bond motifs is 1. The molecule has 1 atom stereocenters. The highest BCUT2D eigenvalue weighted by atomic mass is 127. The number of halogens is 1. The Bertz CT molecular complexity index is 833. The molecule has 30 heavy (non-hydrogen) atoms. The normalized spacial score (nSPS) is 19.7. The summed E-state index contributed by atoms with van der Waals surface area (Å²) >= 11 is 0. The maximum atomic E-state index is 5.97. The third-order valence-corrected chi connectivity index (χ3v) is 5.58. The molecule has 0 aliphatic carbocycles. The van der Waals surface area contributed by atoms with E-state index >= 15 is 0 Å². The van der Waals surface area contributed by atoms with Gasteiger partial charge in [0.1, 0.15) is 17.8 Å². The van der Waals surface area contributed by atoms with Gasteiger partial charge in [-0.25, -0.2) is 0 Å². The van der Waals surface area contributed by atoms with Crippen molar-refractivity contribution in [3.63, 3.8) is 0 Å². The highest BCUT2D eigenvalue weighted by Gasteiger charge is 2.25. The van der Waals surface area contributed by atoms with Gasteiger partial charge < -0.3 is 19.5 Å². The van der Waals surface area contributed by atoms with E-state index in [1.54, 1.807) is 0 Å². The van der Waals surface area contributed by atoms with Gasteiger partial charge in [-0.15, -0.1) is 34.2 Å². The van der Waals surface area contributed by atoms with Crippen molar-refractivity contribution in [3.8, 4) is 0 Å². The molecule has 10 heteroatoms. The fourth-order valence-electron chi connectivity index (χ4n) is 4.07. The van der Waals surface area contributed by atoms with E-state index in [1.165, 1.54) is 19.3 Å². The van der Waals surface area contributed by atoms with Crippen LogP contribution in [0.4, 0.5) is 0 Å². The van der Waals surface area contributed by atoms with Crippen molar-refractivity contribution in [1.29, 1.82) is 0 Å². The van der Waals surface area contributed by atoms with Crippen LogP contribution in [0.2, 0.25) is 0 Å². The first-order valence-electron chi connectivity index (χ1n) is 10.8. The molecule has 0 aromatic carbocycles. The van der Waals surface area contributed by atoms with Crippen LogP contribution in [0, 0.1) is 0 Å². The van der Waals surface area contributed by atoms with Crippen LogP contribution < -0.4 is 5.32 Å². The second-order valence-corrected chi connectivity index (χ2v) is 7.73. The van der Waals surface area contributed by atoms with Crippen LogP contribution >= 0.6 is 24.0 Å². The summed E-state index contributed by atoms with van der Waals surface area (Å²) in [6.07, 6.45) is 9.50. The van der Waals surface area contributed by atoms with Crippen LogP contribution in [0.15, 0.2) is 17.4 Å². The minimum absolute atomic E-state index is 0. The van der Waals surface area contributed by atoms with Gasteiger partial charge in [0, 0.05) is 57.8 Å². The number of nitrogens with zero attached hydrogens (tertiary/aromatic N) is 7. The van der Waals surface area contributed by atoms with Crippen LogP contribution in [-0.2, 0) is 31.2 Å². The lowest BCUT2D eigenvalue weighted by atomic mass is 10.1. The molecule has 0 radical (unpaired) electrons. The number of aliphatic imine (C=N–C) groups is 1. The Balaban J connectivity index is 0.00000256. The van der Waals surface area contributed by atoms with E-state index in [0.29, 0.717) is 13.2 Å². The highest BCUT2D eigenvalue weighted by Crippen LogP contribution is 2.21. The van der Waals surface area contributed by atoms with Gasteiger partial charge >= 0.3 is 0 Å². The Morgan fingerprint density at radius 3 is 2.97 bits per heavy atom. The standard InChI is InChI=1S/C20H32N8O.HI/c1-3-21-20(27-11-12-29-17(15-27)16-13-23-26(2)14-16)22-9-8-19-25-24-18-7-5-4-6-10-28(18)19;/h13-14,17H,3-12,15H2,1-2H3,(H,21,22);1H. The fraction of sp³-hybridized carbons (Fsp3) is 0.700. The molecule has 1 N–H and O–H groups in total. The van der Waals surface area contributed by atoms with Crippen LogP contribution in [0.3, 0.4) is 0 Å². The van der Waals surface area contributed by atoms with Crippen LogP contribution in [0.5, 0.6) is 0 Å². The first-order chi connectivity index (χ1) is 14.2. The number of aryl methyl sites for hydroxylation is 2. The molecule has 2 aromatic heterocycles. The van der Waals surface area contributed by atoms with Gasteiger partial charge in [0.25, 0.3) is 0 Å². The van der Waals surface area contributed by atoms with E-state index in [9.17, 15) is 0 Å². The van der Waals surface area contributed by atoms with Gasteiger partial charge in [-0.2, -0.15) is 5.10 Å². The van der Waals surface area contributed by atoms with E-state index in [2.05, 4.69) is 37.0 Å². The Morgan fingerprint density at radius 2 is 2.17 bits per heavy atom. The average molecular weight is 528 g/mol. The van der Waals surface area contributed by atoms with E-state index in [-0.39, 0.29) is 30.1 Å².